The number of ether oxygens (including phenoxy) is 1. The Bertz CT molecular complexity index is 493. The van der Waals surface area contributed by atoms with Crippen LogP contribution in [0.5, 0.6) is 0 Å². The van der Waals surface area contributed by atoms with Crippen LogP contribution in [0.1, 0.15) is 52.5 Å². The number of carbonyl (C=O) groups excluding carboxylic acids is 1. The molecule has 0 amide bonds. The molecule has 3 unspecified atom stereocenters. The van der Waals surface area contributed by atoms with E-state index in [0.29, 0.717) is 5.92 Å². The van der Waals surface area contributed by atoms with E-state index in [2.05, 4.69) is 20.8 Å². The Morgan fingerprint density at radius 2 is 1.90 bits per heavy atom. The van der Waals surface area contributed by atoms with Gasteiger partial charge >= 0.3 is 5.97 Å². The molecular formula is C18H27NO2. The zero-order valence-corrected chi connectivity index (χ0v) is 13.6. The van der Waals surface area contributed by atoms with Gasteiger partial charge in [-0.05, 0) is 43.1 Å². The second-order valence-corrected chi connectivity index (χ2v) is 7.51. The van der Waals surface area contributed by atoms with Crippen LogP contribution in [0.3, 0.4) is 0 Å². The summed E-state index contributed by atoms with van der Waals surface area (Å²) in [6.07, 6.45) is 3.00. The van der Waals surface area contributed by atoms with Crippen molar-refractivity contribution in [3.05, 3.63) is 35.9 Å². The summed E-state index contributed by atoms with van der Waals surface area (Å²) < 4.78 is 5.75. The van der Waals surface area contributed by atoms with E-state index in [1.54, 1.807) is 6.92 Å². The van der Waals surface area contributed by atoms with E-state index in [0.717, 1.165) is 18.4 Å². The van der Waals surface area contributed by atoms with Gasteiger partial charge in [0.05, 0.1) is 0 Å². The van der Waals surface area contributed by atoms with Gasteiger partial charge < -0.3 is 10.5 Å². The van der Waals surface area contributed by atoms with Gasteiger partial charge in [-0.2, -0.15) is 0 Å². The molecular weight excluding hydrogens is 262 g/mol. The van der Waals surface area contributed by atoms with Gasteiger partial charge in [-0.1, -0.05) is 51.1 Å². The minimum atomic E-state index is -1.09. The van der Waals surface area contributed by atoms with Crippen LogP contribution in [0.2, 0.25) is 0 Å². The lowest BCUT2D eigenvalue weighted by atomic mass is 9.71. The van der Waals surface area contributed by atoms with Crippen molar-refractivity contribution in [1.29, 1.82) is 0 Å². The van der Waals surface area contributed by atoms with Crippen molar-refractivity contribution in [3.63, 3.8) is 0 Å². The average Bonchev–Trinajstić information content (AvgIpc) is 2.37. The first-order chi connectivity index (χ1) is 9.71. The van der Waals surface area contributed by atoms with Gasteiger partial charge in [0, 0.05) is 0 Å². The normalized spacial score (nSPS) is 27.7. The smallest absolute Gasteiger partial charge is 0.330 e. The van der Waals surface area contributed by atoms with Crippen LogP contribution in [-0.4, -0.2) is 12.1 Å². The van der Waals surface area contributed by atoms with E-state index in [1.807, 2.05) is 30.3 Å². The Hall–Kier alpha value is -1.35. The minimum absolute atomic E-state index is 0.0252. The zero-order valence-electron chi connectivity index (χ0n) is 13.6. The first-order valence-electron chi connectivity index (χ1n) is 7.76. The average molecular weight is 289 g/mol. The van der Waals surface area contributed by atoms with Gasteiger partial charge in [0.25, 0.3) is 0 Å². The second kappa shape index (κ2) is 5.80. The molecule has 0 heterocycles. The van der Waals surface area contributed by atoms with Crippen LogP contribution < -0.4 is 5.73 Å². The monoisotopic (exact) mass is 289 g/mol. The summed E-state index contributed by atoms with van der Waals surface area (Å²) in [4.78, 5) is 12.5. The third-order valence-electron chi connectivity index (χ3n) is 4.42. The predicted molar refractivity (Wildman–Crippen MR) is 84.7 cm³/mol. The maximum atomic E-state index is 12.5. The Labute approximate surface area is 127 Å². The third-order valence-corrected chi connectivity index (χ3v) is 4.42. The molecule has 116 valence electrons. The number of esters is 1. The number of hydrogen-bond acceptors (Lipinski definition) is 3. The van der Waals surface area contributed by atoms with Gasteiger partial charge in [-0.25, -0.2) is 4.79 Å². The molecule has 1 saturated carbocycles. The van der Waals surface area contributed by atoms with Crippen molar-refractivity contribution in [1.82, 2.24) is 0 Å². The topological polar surface area (TPSA) is 52.3 Å². The number of carbonyl (C=O) groups is 1. The van der Waals surface area contributed by atoms with Gasteiger partial charge in [-0.3, -0.25) is 0 Å². The summed E-state index contributed by atoms with van der Waals surface area (Å²) >= 11 is 0. The fraction of sp³-hybridized carbons (Fsp3) is 0.611. The lowest BCUT2D eigenvalue weighted by molar-refractivity contribution is -0.159. The maximum Gasteiger partial charge on any atom is 0.330 e. The van der Waals surface area contributed by atoms with Gasteiger partial charge in [0.1, 0.15) is 11.6 Å². The largest absolute Gasteiger partial charge is 0.461 e. The van der Waals surface area contributed by atoms with E-state index in [9.17, 15) is 4.79 Å². The molecule has 0 bridgehead atoms. The zero-order chi connectivity index (χ0) is 15.7. The summed E-state index contributed by atoms with van der Waals surface area (Å²) in [6, 6.07) is 9.43. The predicted octanol–water partition coefficient (Wildman–Crippen LogP) is 3.62. The molecule has 1 aliphatic rings. The second-order valence-electron chi connectivity index (χ2n) is 7.51. The molecule has 0 spiro atoms. The number of hydrogen-bond donors (Lipinski definition) is 1. The molecule has 0 aromatic heterocycles. The lowest BCUT2D eigenvalue weighted by Crippen LogP contribution is -2.46. The highest BCUT2D eigenvalue weighted by Crippen LogP contribution is 2.40. The van der Waals surface area contributed by atoms with Crippen LogP contribution in [0, 0.1) is 11.3 Å². The van der Waals surface area contributed by atoms with Crippen LogP contribution >= 0.6 is 0 Å². The highest BCUT2D eigenvalue weighted by atomic mass is 16.5. The lowest BCUT2D eigenvalue weighted by Gasteiger charge is -2.39. The Morgan fingerprint density at radius 1 is 1.29 bits per heavy atom. The summed E-state index contributed by atoms with van der Waals surface area (Å²) in [7, 11) is 0. The van der Waals surface area contributed by atoms with Crippen LogP contribution in [0.15, 0.2) is 30.3 Å². The molecule has 3 heteroatoms. The third kappa shape index (κ3) is 3.85. The first kappa shape index (κ1) is 16.0. The van der Waals surface area contributed by atoms with Crippen LogP contribution in [0.4, 0.5) is 0 Å². The molecule has 0 radical (unpaired) electrons. The quantitative estimate of drug-likeness (QED) is 0.865. The van der Waals surface area contributed by atoms with Crippen molar-refractivity contribution in [2.45, 2.75) is 58.6 Å². The standard InChI is InChI=1S/C18H27NO2/c1-13-10-15(12-17(2,3)11-13)21-16(20)18(4,19)14-8-6-5-7-9-14/h5-9,13,15H,10-12,19H2,1-4H3. The molecule has 0 aliphatic heterocycles. The Kier molecular flexibility index (Phi) is 4.43. The van der Waals surface area contributed by atoms with Gasteiger partial charge in [-0.15, -0.1) is 0 Å². The Balaban J connectivity index is 2.07. The molecule has 1 aromatic rings. The molecule has 21 heavy (non-hydrogen) atoms. The molecule has 3 nitrogen and oxygen atoms in total. The minimum Gasteiger partial charge on any atom is -0.461 e. The summed E-state index contributed by atoms with van der Waals surface area (Å²) in [5, 5.41) is 0. The SMILES string of the molecule is CC1CC(OC(=O)C(C)(N)c2ccccc2)CC(C)(C)C1. The number of rotatable bonds is 3. The van der Waals surface area contributed by atoms with Crippen molar-refractivity contribution in [2.24, 2.45) is 17.1 Å². The first-order valence-corrected chi connectivity index (χ1v) is 7.76. The van der Waals surface area contributed by atoms with E-state index in [1.165, 1.54) is 6.42 Å². The molecule has 0 saturated heterocycles. The van der Waals surface area contributed by atoms with Gasteiger partial charge in [0.2, 0.25) is 0 Å². The molecule has 2 N–H and O–H groups in total. The molecule has 2 rings (SSSR count). The van der Waals surface area contributed by atoms with E-state index in [-0.39, 0.29) is 17.5 Å². The van der Waals surface area contributed by atoms with E-state index in [4.69, 9.17) is 10.5 Å². The molecule has 1 aliphatic carbocycles. The molecule has 1 fully saturated rings. The van der Waals surface area contributed by atoms with E-state index < -0.39 is 5.54 Å². The summed E-state index contributed by atoms with van der Waals surface area (Å²) in [6.45, 7) is 8.42. The van der Waals surface area contributed by atoms with Crippen molar-refractivity contribution in [3.8, 4) is 0 Å². The van der Waals surface area contributed by atoms with Gasteiger partial charge in [0.15, 0.2) is 0 Å². The number of benzene rings is 1. The maximum absolute atomic E-state index is 12.5. The Morgan fingerprint density at radius 3 is 2.48 bits per heavy atom. The molecule has 3 atom stereocenters. The van der Waals surface area contributed by atoms with Crippen molar-refractivity contribution >= 4 is 5.97 Å². The van der Waals surface area contributed by atoms with E-state index >= 15 is 0 Å². The fourth-order valence-corrected chi connectivity index (χ4v) is 3.52. The van der Waals surface area contributed by atoms with Crippen molar-refractivity contribution in [2.75, 3.05) is 0 Å². The summed E-state index contributed by atoms with van der Waals surface area (Å²) in [5.74, 6) is 0.246. The fourth-order valence-electron chi connectivity index (χ4n) is 3.52. The van der Waals surface area contributed by atoms with Crippen LogP contribution in [-0.2, 0) is 15.1 Å². The molecule has 1 aromatic carbocycles. The highest BCUT2D eigenvalue weighted by Gasteiger charge is 2.38. The number of nitrogens with two attached hydrogens (primary N) is 1. The highest BCUT2D eigenvalue weighted by molar-refractivity contribution is 5.82. The summed E-state index contributed by atoms with van der Waals surface area (Å²) in [5.41, 5.74) is 6.15. The van der Waals surface area contributed by atoms with Crippen molar-refractivity contribution < 1.29 is 9.53 Å². The van der Waals surface area contributed by atoms with Crippen LogP contribution in [0.25, 0.3) is 0 Å².